The molecule has 0 radical (unpaired) electrons. The van der Waals surface area contributed by atoms with E-state index in [1.165, 1.54) is 16.1 Å². The number of rotatable bonds is 5. The first-order chi connectivity index (χ1) is 14.7. The highest BCUT2D eigenvalue weighted by Gasteiger charge is 2.25. The Kier molecular flexibility index (Phi) is 6.76. The summed E-state index contributed by atoms with van der Waals surface area (Å²) in [6, 6.07) is 8.04. The third-order valence-corrected chi connectivity index (χ3v) is 6.42. The number of hydrogen-bond acceptors (Lipinski definition) is 2. The van der Waals surface area contributed by atoms with Gasteiger partial charge in [0.2, 0.25) is 5.91 Å². The summed E-state index contributed by atoms with van der Waals surface area (Å²) in [5.41, 5.74) is 8.08. The van der Waals surface area contributed by atoms with Gasteiger partial charge < -0.3 is 15.2 Å². The van der Waals surface area contributed by atoms with Gasteiger partial charge in [-0.1, -0.05) is 35.9 Å². The van der Waals surface area contributed by atoms with E-state index in [4.69, 9.17) is 17.3 Å². The minimum atomic E-state index is 0.246. The highest BCUT2D eigenvalue weighted by molar-refractivity contribution is 6.30. The molecule has 0 unspecified atom stereocenters. The van der Waals surface area contributed by atoms with Gasteiger partial charge in [0.05, 0.1) is 0 Å². The average Bonchev–Trinajstić information content (AvgIpc) is 3.09. The van der Waals surface area contributed by atoms with Crippen LogP contribution < -0.4 is 16.3 Å². The minimum Gasteiger partial charge on any atom is -0.343 e. The van der Waals surface area contributed by atoms with Gasteiger partial charge in [-0.05, 0) is 74.4 Å². The fourth-order valence-electron chi connectivity index (χ4n) is 4.51. The second-order valence-electron chi connectivity index (χ2n) is 8.15. The van der Waals surface area contributed by atoms with Crippen LogP contribution in [0, 0.1) is 0 Å². The largest absolute Gasteiger partial charge is 0.343 e. The van der Waals surface area contributed by atoms with Crippen LogP contribution in [0.2, 0.25) is 5.02 Å². The predicted molar refractivity (Wildman–Crippen MR) is 124 cm³/mol. The van der Waals surface area contributed by atoms with Crippen molar-refractivity contribution in [3.8, 4) is 5.69 Å². The van der Waals surface area contributed by atoms with Crippen LogP contribution in [0.25, 0.3) is 17.8 Å². The maximum Gasteiger partial charge on any atom is 0.222 e. The highest BCUT2D eigenvalue weighted by atomic mass is 35.5. The van der Waals surface area contributed by atoms with E-state index in [0.717, 1.165) is 55.9 Å². The predicted octanol–water partition coefficient (Wildman–Crippen LogP) is 3.49. The first-order valence-corrected chi connectivity index (χ1v) is 11.4. The number of likely N-dealkylation sites (tertiary alicyclic amines) is 1. The van der Waals surface area contributed by atoms with Gasteiger partial charge in [-0.3, -0.25) is 4.79 Å². The summed E-state index contributed by atoms with van der Waals surface area (Å²) in [5.74, 6) is 0.708. The zero-order chi connectivity index (χ0) is 20.9. The molecule has 2 aromatic rings. The number of fused-ring (bicyclic) bond motifs is 1. The molecule has 5 heteroatoms. The lowest BCUT2D eigenvalue weighted by Crippen LogP contribution is -2.39. The van der Waals surface area contributed by atoms with Gasteiger partial charge in [0.25, 0.3) is 0 Å². The summed E-state index contributed by atoms with van der Waals surface area (Å²) < 4.78 is 2.30. The number of benzene rings is 1. The van der Waals surface area contributed by atoms with Crippen LogP contribution in [0.3, 0.4) is 0 Å². The fourth-order valence-corrected chi connectivity index (χ4v) is 4.64. The van der Waals surface area contributed by atoms with Crippen LogP contribution in [0.4, 0.5) is 0 Å². The molecule has 2 N–H and O–H groups in total. The highest BCUT2D eigenvalue weighted by Crippen LogP contribution is 2.27. The standard InChI is InChI=1S/C25H30ClN3O/c26-20-9-11-21(12-10-20)29-18-23(22-6-3-1-2-4-7-24(22)29)19-13-16-28(17-14-19)25(30)8-5-15-27/h1,3,6-7,9-12,18-19H,2,4-5,8,13-17,27H2/b3-1-,22-6-,24-7+. The normalized spacial score (nSPS) is 20.3. The smallest absolute Gasteiger partial charge is 0.222 e. The molecule has 1 aliphatic carbocycles. The topological polar surface area (TPSA) is 51.3 Å². The fraction of sp³-hybridized carbons (Fsp3) is 0.400. The number of hydrogen-bond donors (Lipinski definition) is 1. The number of nitrogens with two attached hydrogens (primary N) is 1. The molecule has 1 aromatic heterocycles. The molecule has 2 aliphatic rings. The number of carbonyl (C=O) groups excluding carboxylic acids is 1. The molecule has 0 spiro atoms. The summed E-state index contributed by atoms with van der Waals surface area (Å²) in [6.07, 6.45) is 16.8. The monoisotopic (exact) mass is 423 g/mol. The van der Waals surface area contributed by atoms with E-state index in [2.05, 4.69) is 47.2 Å². The van der Waals surface area contributed by atoms with E-state index in [9.17, 15) is 4.79 Å². The Morgan fingerprint density at radius 1 is 1.13 bits per heavy atom. The third-order valence-electron chi connectivity index (χ3n) is 6.17. The SMILES string of the molecule is NCCCC(=O)N1CCC(c2cn(-c3ccc(Cl)cc3)c3/c2=C\C=C/CC\C=3)CC1. The minimum absolute atomic E-state index is 0.246. The summed E-state index contributed by atoms with van der Waals surface area (Å²) >= 11 is 6.12. The lowest BCUT2D eigenvalue weighted by molar-refractivity contribution is -0.132. The number of amides is 1. The Morgan fingerprint density at radius 3 is 2.63 bits per heavy atom. The average molecular weight is 424 g/mol. The van der Waals surface area contributed by atoms with Crippen LogP contribution in [0.5, 0.6) is 0 Å². The van der Waals surface area contributed by atoms with E-state index in [0.29, 0.717) is 18.9 Å². The Hall–Kier alpha value is -2.30. The van der Waals surface area contributed by atoms with Crippen LogP contribution in [-0.2, 0) is 4.79 Å². The van der Waals surface area contributed by atoms with Crippen LogP contribution >= 0.6 is 11.6 Å². The zero-order valence-electron chi connectivity index (χ0n) is 17.4. The van der Waals surface area contributed by atoms with Gasteiger partial charge in [0.15, 0.2) is 0 Å². The van der Waals surface area contributed by atoms with Gasteiger partial charge in [-0.15, -0.1) is 0 Å². The molecule has 1 amide bonds. The van der Waals surface area contributed by atoms with Crippen LogP contribution in [-0.4, -0.2) is 35.0 Å². The van der Waals surface area contributed by atoms with Gasteiger partial charge in [-0.25, -0.2) is 0 Å². The second kappa shape index (κ2) is 9.67. The summed E-state index contributed by atoms with van der Waals surface area (Å²) in [6.45, 7) is 2.23. The maximum atomic E-state index is 12.4. The Balaban J connectivity index is 1.65. The van der Waals surface area contributed by atoms with E-state index in [1.54, 1.807) is 0 Å². The molecule has 0 atom stereocenters. The zero-order valence-corrected chi connectivity index (χ0v) is 18.2. The first kappa shape index (κ1) is 21.0. The number of aromatic nitrogens is 1. The molecule has 0 saturated carbocycles. The van der Waals surface area contributed by atoms with E-state index in [-0.39, 0.29) is 5.91 Å². The van der Waals surface area contributed by atoms with Crippen molar-refractivity contribution in [2.24, 2.45) is 5.73 Å². The van der Waals surface area contributed by atoms with Crippen molar-refractivity contribution in [1.29, 1.82) is 0 Å². The molecule has 158 valence electrons. The van der Waals surface area contributed by atoms with E-state index < -0.39 is 0 Å². The van der Waals surface area contributed by atoms with E-state index in [1.807, 2.05) is 17.0 Å². The lowest BCUT2D eigenvalue weighted by atomic mass is 9.89. The molecular formula is C25H30ClN3O. The number of halogens is 1. The van der Waals surface area contributed by atoms with Gasteiger partial charge in [0, 0.05) is 47.0 Å². The molecular weight excluding hydrogens is 394 g/mol. The molecule has 1 saturated heterocycles. The number of allylic oxidation sites excluding steroid dienone is 2. The van der Waals surface area contributed by atoms with Crippen molar-refractivity contribution < 1.29 is 4.79 Å². The quantitative estimate of drug-likeness (QED) is 0.800. The third kappa shape index (κ3) is 4.55. The molecule has 30 heavy (non-hydrogen) atoms. The van der Waals surface area contributed by atoms with E-state index >= 15 is 0 Å². The molecule has 4 rings (SSSR count). The van der Waals surface area contributed by atoms with Gasteiger partial charge >= 0.3 is 0 Å². The lowest BCUT2D eigenvalue weighted by Gasteiger charge is -2.32. The molecule has 2 heterocycles. The molecule has 1 aromatic carbocycles. The summed E-state index contributed by atoms with van der Waals surface area (Å²) in [7, 11) is 0. The van der Waals surface area contributed by atoms with Crippen molar-refractivity contribution in [1.82, 2.24) is 9.47 Å². The van der Waals surface area contributed by atoms with Crippen molar-refractivity contribution in [2.75, 3.05) is 19.6 Å². The molecule has 1 fully saturated rings. The van der Waals surface area contributed by atoms with Crippen molar-refractivity contribution >= 4 is 29.7 Å². The molecule has 0 bridgehead atoms. The molecule has 1 aliphatic heterocycles. The Morgan fingerprint density at radius 2 is 1.90 bits per heavy atom. The first-order valence-electron chi connectivity index (χ1n) is 11.0. The van der Waals surface area contributed by atoms with Crippen molar-refractivity contribution in [2.45, 2.75) is 44.4 Å². The second-order valence-corrected chi connectivity index (χ2v) is 8.59. The van der Waals surface area contributed by atoms with Gasteiger partial charge in [-0.2, -0.15) is 0 Å². The Labute approximate surface area is 183 Å². The van der Waals surface area contributed by atoms with Crippen LogP contribution in [0.15, 0.2) is 42.6 Å². The Bertz CT molecular complexity index is 1030. The summed E-state index contributed by atoms with van der Waals surface area (Å²) in [4.78, 5) is 14.4. The molecule has 4 nitrogen and oxygen atoms in total. The van der Waals surface area contributed by atoms with Crippen molar-refractivity contribution in [3.05, 3.63) is 63.8 Å². The maximum absolute atomic E-state index is 12.4. The number of carbonyl (C=O) groups is 1. The number of nitrogens with zero attached hydrogens (tertiary/aromatic N) is 2. The van der Waals surface area contributed by atoms with Crippen molar-refractivity contribution in [3.63, 3.8) is 0 Å². The van der Waals surface area contributed by atoms with Crippen LogP contribution in [0.1, 0.15) is 50.0 Å². The summed E-state index contributed by atoms with van der Waals surface area (Å²) in [5, 5.41) is 3.33. The number of piperidine rings is 1. The van der Waals surface area contributed by atoms with Gasteiger partial charge in [0.1, 0.15) is 0 Å².